The number of nitrogens with zero attached hydrogens (tertiary/aromatic N) is 3. The summed E-state index contributed by atoms with van der Waals surface area (Å²) >= 11 is 0. The molecule has 2 heterocycles. The summed E-state index contributed by atoms with van der Waals surface area (Å²) < 4.78 is 10.1. The van der Waals surface area contributed by atoms with Crippen molar-refractivity contribution in [3.05, 3.63) is 11.6 Å². The Hall–Kier alpha value is -1.89. The quantitative estimate of drug-likeness (QED) is 0.795. The lowest BCUT2D eigenvalue weighted by molar-refractivity contribution is 0.0695. The molecule has 0 bridgehead atoms. The molecule has 1 aromatic rings. The minimum atomic E-state index is -1.04. The third kappa shape index (κ3) is 2.44. The fourth-order valence-corrected chi connectivity index (χ4v) is 1.63. The topological polar surface area (TPSA) is 84.8 Å². The summed E-state index contributed by atoms with van der Waals surface area (Å²) in [6.45, 7) is 2.35. The Bertz CT molecular complexity index is 418. The van der Waals surface area contributed by atoms with Crippen LogP contribution in [0.2, 0.25) is 0 Å². The normalized spacial score (nSPS) is 15.7. The van der Waals surface area contributed by atoms with E-state index in [0.717, 1.165) is 0 Å². The number of aromatic nitrogens is 2. The molecule has 1 aromatic heterocycles. The number of morpholine rings is 1. The molecule has 0 aliphatic carbocycles. The number of carboxylic acid groups (broad SMARTS) is 1. The van der Waals surface area contributed by atoms with Crippen molar-refractivity contribution in [3.8, 4) is 5.88 Å². The molecule has 0 radical (unpaired) electrons. The summed E-state index contributed by atoms with van der Waals surface area (Å²) in [5.74, 6) is -0.485. The number of hydrogen-bond donors (Lipinski definition) is 1. The van der Waals surface area contributed by atoms with Crippen molar-refractivity contribution in [1.82, 2.24) is 10.2 Å². The summed E-state index contributed by atoms with van der Waals surface area (Å²) in [6.07, 6.45) is 0. The molecule has 17 heavy (non-hydrogen) atoms. The first-order valence-electron chi connectivity index (χ1n) is 5.20. The van der Waals surface area contributed by atoms with E-state index >= 15 is 0 Å². The Morgan fingerprint density at radius 3 is 2.76 bits per heavy atom. The van der Waals surface area contributed by atoms with Gasteiger partial charge in [-0.1, -0.05) is 0 Å². The van der Waals surface area contributed by atoms with Gasteiger partial charge in [-0.15, -0.1) is 10.2 Å². The molecule has 1 N–H and O–H groups in total. The van der Waals surface area contributed by atoms with Crippen LogP contribution in [0, 0.1) is 0 Å². The van der Waals surface area contributed by atoms with Crippen LogP contribution in [-0.2, 0) is 4.74 Å². The van der Waals surface area contributed by atoms with E-state index in [1.165, 1.54) is 13.2 Å². The predicted octanol–water partition coefficient (Wildman–Crippen LogP) is 0.0200. The zero-order chi connectivity index (χ0) is 12.3. The molecular formula is C10H13N3O4. The second kappa shape index (κ2) is 4.96. The van der Waals surface area contributed by atoms with Gasteiger partial charge in [0.25, 0.3) is 0 Å². The predicted molar refractivity (Wildman–Crippen MR) is 58.6 cm³/mol. The summed E-state index contributed by atoms with van der Waals surface area (Å²) in [5.41, 5.74) is 0.0961. The van der Waals surface area contributed by atoms with Gasteiger partial charge in [-0.25, -0.2) is 4.79 Å². The van der Waals surface area contributed by atoms with Crippen LogP contribution in [0.4, 0.5) is 5.82 Å². The monoisotopic (exact) mass is 239 g/mol. The standard InChI is InChI=1S/C10H13N3O4/c1-16-8-6-7(10(14)15)9(12-11-8)13-2-4-17-5-3-13/h6H,2-5H2,1H3,(H,14,15). The van der Waals surface area contributed by atoms with Crippen molar-refractivity contribution in [2.45, 2.75) is 0 Å². The largest absolute Gasteiger partial charge is 0.480 e. The number of rotatable bonds is 3. The van der Waals surface area contributed by atoms with Gasteiger partial charge in [0.2, 0.25) is 5.88 Å². The highest BCUT2D eigenvalue weighted by Gasteiger charge is 2.21. The summed E-state index contributed by atoms with van der Waals surface area (Å²) in [6, 6.07) is 1.38. The first-order valence-corrected chi connectivity index (χ1v) is 5.20. The molecule has 0 unspecified atom stereocenters. The first kappa shape index (κ1) is 11.6. The van der Waals surface area contributed by atoms with E-state index in [2.05, 4.69) is 10.2 Å². The molecule has 1 fully saturated rings. The number of anilines is 1. The van der Waals surface area contributed by atoms with Crippen LogP contribution in [-0.4, -0.2) is 54.7 Å². The van der Waals surface area contributed by atoms with Crippen LogP contribution in [0.25, 0.3) is 0 Å². The fraction of sp³-hybridized carbons (Fsp3) is 0.500. The summed E-state index contributed by atoms with van der Waals surface area (Å²) in [7, 11) is 1.42. The van der Waals surface area contributed by atoms with Crippen LogP contribution in [0.3, 0.4) is 0 Å². The van der Waals surface area contributed by atoms with Crippen molar-refractivity contribution in [2.75, 3.05) is 38.3 Å². The minimum absolute atomic E-state index is 0.0961. The molecule has 1 saturated heterocycles. The minimum Gasteiger partial charge on any atom is -0.480 e. The zero-order valence-corrected chi connectivity index (χ0v) is 9.42. The third-order valence-electron chi connectivity index (χ3n) is 2.50. The number of ether oxygens (including phenoxy) is 2. The second-order valence-electron chi connectivity index (χ2n) is 3.53. The molecule has 0 amide bonds. The molecule has 0 spiro atoms. The van der Waals surface area contributed by atoms with E-state index in [-0.39, 0.29) is 11.4 Å². The zero-order valence-electron chi connectivity index (χ0n) is 9.42. The maximum absolute atomic E-state index is 11.2. The maximum Gasteiger partial charge on any atom is 0.339 e. The van der Waals surface area contributed by atoms with Gasteiger partial charge in [0, 0.05) is 19.2 Å². The van der Waals surface area contributed by atoms with Gasteiger partial charge in [0.15, 0.2) is 5.82 Å². The Balaban J connectivity index is 2.34. The van der Waals surface area contributed by atoms with Crippen LogP contribution in [0.1, 0.15) is 10.4 Å². The molecule has 1 aliphatic heterocycles. The van der Waals surface area contributed by atoms with E-state index in [4.69, 9.17) is 14.6 Å². The van der Waals surface area contributed by atoms with Crippen LogP contribution >= 0.6 is 0 Å². The van der Waals surface area contributed by atoms with Crippen LogP contribution < -0.4 is 9.64 Å². The van der Waals surface area contributed by atoms with Gasteiger partial charge in [-0.2, -0.15) is 0 Å². The lowest BCUT2D eigenvalue weighted by Crippen LogP contribution is -2.37. The number of aromatic carboxylic acids is 1. The van der Waals surface area contributed by atoms with Crippen molar-refractivity contribution in [3.63, 3.8) is 0 Å². The van der Waals surface area contributed by atoms with Gasteiger partial charge in [0.1, 0.15) is 5.56 Å². The molecule has 0 aromatic carbocycles. The van der Waals surface area contributed by atoms with Gasteiger partial charge in [0.05, 0.1) is 20.3 Å². The van der Waals surface area contributed by atoms with Crippen LogP contribution in [0.15, 0.2) is 6.07 Å². The first-order chi connectivity index (χ1) is 8.22. The smallest absolute Gasteiger partial charge is 0.339 e. The number of carboxylic acids is 1. The Kier molecular flexibility index (Phi) is 3.38. The van der Waals surface area contributed by atoms with Crippen molar-refractivity contribution >= 4 is 11.8 Å². The van der Waals surface area contributed by atoms with Crippen molar-refractivity contribution in [2.24, 2.45) is 0 Å². The van der Waals surface area contributed by atoms with Gasteiger partial charge < -0.3 is 19.5 Å². The fourth-order valence-electron chi connectivity index (χ4n) is 1.63. The molecule has 7 nitrogen and oxygen atoms in total. The van der Waals surface area contributed by atoms with E-state index < -0.39 is 5.97 Å². The van der Waals surface area contributed by atoms with E-state index in [0.29, 0.717) is 32.1 Å². The highest BCUT2D eigenvalue weighted by atomic mass is 16.5. The van der Waals surface area contributed by atoms with E-state index in [1.807, 2.05) is 4.90 Å². The second-order valence-corrected chi connectivity index (χ2v) is 3.53. The highest BCUT2D eigenvalue weighted by Crippen LogP contribution is 2.21. The molecule has 7 heteroatoms. The average molecular weight is 239 g/mol. The lowest BCUT2D eigenvalue weighted by Gasteiger charge is -2.28. The van der Waals surface area contributed by atoms with Crippen LogP contribution in [0.5, 0.6) is 5.88 Å². The summed E-state index contributed by atoms with van der Waals surface area (Å²) in [4.78, 5) is 13.0. The SMILES string of the molecule is COc1cc(C(=O)O)c(N2CCOCC2)nn1. The molecule has 1 aliphatic rings. The van der Waals surface area contributed by atoms with Gasteiger partial charge in [-0.3, -0.25) is 0 Å². The Morgan fingerprint density at radius 1 is 1.47 bits per heavy atom. The third-order valence-corrected chi connectivity index (χ3v) is 2.50. The molecular weight excluding hydrogens is 226 g/mol. The van der Waals surface area contributed by atoms with Gasteiger partial charge >= 0.3 is 5.97 Å². The molecule has 0 atom stereocenters. The molecule has 0 saturated carbocycles. The number of carbonyl (C=O) groups is 1. The number of hydrogen-bond acceptors (Lipinski definition) is 6. The van der Waals surface area contributed by atoms with E-state index in [1.54, 1.807) is 0 Å². The molecule has 2 rings (SSSR count). The van der Waals surface area contributed by atoms with Gasteiger partial charge in [-0.05, 0) is 0 Å². The highest BCUT2D eigenvalue weighted by molar-refractivity contribution is 5.93. The van der Waals surface area contributed by atoms with Crippen molar-refractivity contribution < 1.29 is 19.4 Å². The average Bonchev–Trinajstić information content (AvgIpc) is 2.39. The molecule has 92 valence electrons. The lowest BCUT2D eigenvalue weighted by atomic mass is 10.2. The summed E-state index contributed by atoms with van der Waals surface area (Å²) in [5, 5.41) is 16.8. The van der Waals surface area contributed by atoms with E-state index in [9.17, 15) is 4.79 Å². The maximum atomic E-state index is 11.2. The number of methoxy groups -OCH3 is 1. The van der Waals surface area contributed by atoms with Crippen molar-refractivity contribution in [1.29, 1.82) is 0 Å². The Labute approximate surface area is 98.0 Å². The Morgan fingerprint density at radius 2 is 2.18 bits per heavy atom.